The zero-order valence-corrected chi connectivity index (χ0v) is 27.1. The third kappa shape index (κ3) is 8.10. The molecule has 0 spiro atoms. The minimum absolute atomic E-state index is 0.0225. The second-order valence-corrected chi connectivity index (χ2v) is 13.5. The Hall–Kier alpha value is -4.72. The van der Waals surface area contributed by atoms with Gasteiger partial charge in [0, 0.05) is 21.0 Å². The molecule has 1 heterocycles. The van der Waals surface area contributed by atoms with Crippen LogP contribution in [0.15, 0.2) is 89.5 Å². The predicted octanol–water partition coefficient (Wildman–Crippen LogP) is 7.80. The Morgan fingerprint density at radius 1 is 1.07 bits per heavy atom. The normalized spacial score (nSPS) is 14.8. The van der Waals surface area contributed by atoms with Crippen LogP contribution >= 0.6 is 23.1 Å². The molecule has 2 unspecified atom stereocenters. The molecule has 0 aliphatic heterocycles. The summed E-state index contributed by atoms with van der Waals surface area (Å²) in [5.41, 5.74) is 3.00. The maximum absolute atomic E-state index is 13.5. The van der Waals surface area contributed by atoms with Gasteiger partial charge in [-0.2, -0.15) is 5.26 Å². The maximum atomic E-state index is 13.5. The first kappa shape index (κ1) is 32.7. The number of nitriles is 1. The zero-order valence-electron chi connectivity index (χ0n) is 25.4. The van der Waals surface area contributed by atoms with E-state index in [1.807, 2.05) is 13.0 Å². The lowest BCUT2D eigenvalue weighted by molar-refractivity contribution is -0.116. The van der Waals surface area contributed by atoms with Crippen LogP contribution in [-0.4, -0.2) is 23.0 Å². The van der Waals surface area contributed by atoms with Gasteiger partial charge in [0.05, 0.1) is 10.8 Å². The summed E-state index contributed by atoms with van der Waals surface area (Å²) in [5, 5.41) is 18.5. The SMILES string of the molecule is CCC(Sc1cccc(NC(=O)/C(=C\c2ccc(F)cc2)NC(=O)c2ccccc2)c1)C(=O)Nc1sc2c(c1C#N)CCC(C)C2. The molecule has 46 heavy (non-hydrogen) atoms. The lowest BCUT2D eigenvalue weighted by Gasteiger charge is -2.17. The number of thioether (sulfide) groups is 1. The molecular formula is C36H33FN4O3S2. The Kier molecular flexibility index (Phi) is 10.7. The Balaban J connectivity index is 1.30. The van der Waals surface area contributed by atoms with Crippen LogP contribution in [0.5, 0.6) is 0 Å². The maximum Gasteiger partial charge on any atom is 0.272 e. The summed E-state index contributed by atoms with van der Waals surface area (Å²) in [5.74, 6) is -1.08. The topological polar surface area (TPSA) is 111 Å². The number of fused-ring (bicyclic) bond motifs is 1. The third-order valence-electron chi connectivity index (χ3n) is 7.60. The number of amides is 3. The van der Waals surface area contributed by atoms with E-state index in [0.29, 0.717) is 39.7 Å². The van der Waals surface area contributed by atoms with Crippen LogP contribution in [0.3, 0.4) is 0 Å². The van der Waals surface area contributed by atoms with Crippen LogP contribution in [0, 0.1) is 23.1 Å². The number of thiophene rings is 1. The molecule has 1 aliphatic rings. The van der Waals surface area contributed by atoms with Crippen molar-refractivity contribution in [3.63, 3.8) is 0 Å². The van der Waals surface area contributed by atoms with Gasteiger partial charge >= 0.3 is 0 Å². The summed E-state index contributed by atoms with van der Waals surface area (Å²) < 4.78 is 13.5. The standard InChI is InChI=1S/C36H33FN4O3S2/c1-3-31(35(44)41-36-29(21-38)28-17-12-22(2)18-32(28)46-36)45-27-11-7-10-26(20-27)39-34(43)30(19-23-13-15-25(37)16-14-23)40-33(42)24-8-5-4-6-9-24/h4-11,13-16,19-20,22,31H,3,12,17-18H2,1-2H3,(H,39,43)(H,40,42)(H,41,44)/b30-19+. The van der Waals surface area contributed by atoms with Crippen LogP contribution in [0.25, 0.3) is 6.08 Å². The molecule has 1 aliphatic carbocycles. The number of carbonyl (C=O) groups is 3. The van der Waals surface area contributed by atoms with Crippen LogP contribution in [0.1, 0.15) is 58.6 Å². The van der Waals surface area contributed by atoms with E-state index in [1.54, 1.807) is 48.5 Å². The molecule has 5 rings (SSSR count). The second kappa shape index (κ2) is 15.0. The van der Waals surface area contributed by atoms with Crippen molar-refractivity contribution < 1.29 is 18.8 Å². The number of benzene rings is 3. The first-order valence-corrected chi connectivity index (χ1v) is 16.7. The van der Waals surface area contributed by atoms with Crippen LogP contribution in [-0.2, 0) is 22.4 Å². The quantitative estimate of drug-likeness (QED) is 0.120. The monoisotopic (exact) mass is 652 g/mol. The molecule has 0 fully saturated rings. The average molecular weight is 653 g/mol. The molecule has 7 nitrogen and oxygen atoms in total. The highest BCUT2D eigenvalue weighted by Crippen LogP contribution is 2.40. The van der Waals surface area contributed by atoms with Crippen molar-refractivity contribution in [3.8, 4) is 6.07 Å². The van der Waals surface area contributed by atoms with E-state index in [4.69, 9.17) is 0 Å². The number of nitrogens with zero attached hydrogens (tertiary/aromatic N) is 1. The Morgan fingerprint density at radius 3 is 2.54 bits per heavy atom. The van der Waals surface area contributed by atoms with Crippen LogP contribution in [0.4, 0.5) is 15.1 Å². The number of hydrogen-bond acceptors (Lipinski definition) is 6. The van der Waals surface area contributed by atoms with Gasteiger partial charge in [0.25, 0.3) is 11.8 Å². The average Bonchev–Trinajstić information content (AvgIpc) is 3.40. The van der Waals surface area contributed by atoms with Crippen molar-refractivity contribution in [1.29, 1.82) is 5.26 Å². The molecule has 2 atom stereocenters. The highest BCUT2D eigenvalue weighted by Gasteiger charge is 2.27. The highest BCUT2D eigenvalue weighted by molar-refractivity contribution is 8.00. The molecule has 10 heteroatoms. The molecule has 3 aromatic carbocycles. The minimum Gasteiger partial charge on any atom is -0.321 e. The smallest absolute Gasteiger partial charge is 0.272 e. The Labute approximate surface area is 275 Å². The molecule has 3 amide bonds. The molecular weight excluding hydrogens is 620 g/mol. The van der Waals surface area contributed by atoms with Crippen molar-refractivity contribution in [2.24, 2.45) is 5.92 Å². The summed E-state index contributed by atoms with van der Waals surface area (Å²) in [4.78, 5) is 41.7. The molecule has 0 saturated carbocycles. The van der Waals surface area contributed by atoms with Crippen LogP contribution < -0.4 is 16.0 Å². The van der Waals surface area contributed by atoms with Crippen molar-refractivity contribution in [2.45, 2.75) is 49.7 Å². The predicted molar refractivity (Wildman–Crippen MR) is 182 cm³/mol. The van der Waals surface area contributed by atoms with Crippen LogP contribution in [0.2, 0.25) is 0 Å². The molecule has 234 valence electrons. The van der Waals surface area contributed by atoms with Gasteiger partial charge in [0.1, 0.15) is 22.6 Å². The fraction of sp³-hybridized carbons (Fsp3) is 0.222. The Morgan fingerprint density at radius 2 is 1.83 bits per heavy atom. The van der Waals surface area contributed by atoms with E-state index in [1.165, 1.54) is 58.3 Å². The van der Waals surface area contributed by atoms with Crippen molar-refractivity contribution in [3.05, 3.63) is 118 Å². The van der Waals surface area contributed by atoms with Gasteiger partial charge in [0.2, 0.25) is 5.91 Å². The lowest BCUT2D eigenvalue weighted by Crippen LogP contribution is -2.30. The zero-order chi connectivity index (χ0) is 32.6. The molecule has 0 saturated heterocycles. The van der Waals surface area contributed by atoms with Gasteiger partial charge in [-0.3, -0.25) is 14.4 Å². The first-order valence-electron chi connectivity index (χ1n) is 15.0. The number of rotatable bonds is 10. The summed E-state index contributed by atoms with van der Waals surface area (Å²) in [6, 6.07) is 23.5. The van der Waals surface area contributed by atoms with E-state index in [9.17, 15) is 24.0 Å². The van der Waals surface area contributed by atoms with Gasteiger partial charge in [-0.05, 0) is 91.3 Å². The van der Waals surface area contributed by atoms with Gasteiger partial charge < -0.3 is 16.0 Å². The summed E-state index contributed by atoms with van der Waals surface area (Å²) in [6.45, 7) is 4.13. The number of hydrogen-bond donors (Lipinski definition) is 3. The fourth-order valence-corrected chi connectivity index (χ4v) is 7.53. The molecule has 0 bridgehead atoms. The number of halogens is 1. The largest absolute Gasteiger partial charge is 0.321 e. The molecule has 1 aromatic heterocycles. The first-order chi connectivity index (χ1) is 22.2. The van der Waals surface area contributed by atoms with E-state index in [0.717, 1.165) is 29.7 Å². The highest BCUT2D eigenvalue weighted by atomic mass is 32.2. The lowest BCUT2D eigenvalue weighted by atomic mass is 9.88. The van der Waals surface area contributed by atoms with Gasteiger partial charge in [-0.1, -0.05) is 50.2 Å². The van der Waals surface area contributed by atoms with Crippen molar-refractivity contribution in [2.75, 3.05) is 10.6 Å². The molecule has 4 aromatic rings. The van der Waals surface area contributed by atoms with Crippen molar-refractivity contribution >= 4 is 57.6 Å². The Bertz CT molecular complexity index is 1810. The molecule has 0 radical (unpaired) electrons. The summed E-state index contributed by atoms with van der Waals surface area (Å²) in [6.07, 6.45) is 4.84. The van der Waals surface area contributed by atoms with E-state index in [-0.39, 0.29) is 11.6 Å². The third-order valence-corrected chi connectivity index (χ3v) is 10.1. The second-order valence-electron chi connectivity index (χ2n) is 11.1. The minimum atomic E-state index is -0.569. The number of nitrogens with one attached hydrogen (secondary N) is 3. The van der Waals surface area contributed by atoms with E-state index < -0.39 is 22.9 Å². The summed E-state index contributed by atoms with van der Waals surface area (Å²) in [7, 11) is 0. The fourth-order valence-electron chi connectivity index (χ4n) is 5.15. The number of carbonyl (C=O) groups excluding carboxylic acids is 3. The van der Waals surface area contributed by atoms with Gasteiger partial charge in [-0.15, -0.1) is 23.1 Å². The number of anilines is 2. The van der Waals surface area contributed by atoms with Gasteiger partial charge in [-0.25, -0.2) is 4.39 Å². The molecule has 3 N–H and O–H groups in total. The van der Waals surface area contributed by atoms with E-state index in [2.05, 4.69) is 28.9 Å². The van der Waals surface area contributed by atoms with Crippen molar-refractivity contribution in [1.82, 2.24) is 5.32 Å². The summed E-state index contributed by atoms with van der Waals surface area (Å²) >= 11 is 2.87. The van der Waals surface area contributed by atoms with Gasteiger partial charge in [0.15, 0.2) is 0 Å². The van der Waals surface area contributed by atoms with E-state index >= 15 is 0 Å².